The Hall–Kier alpha value is -3.39. The Morgan fingerprint density at radius 1 is 1.11 bits per heavy atom. The maximum Gasteiger partial charge on any atom is 0.257 e. The number of carbonyl (C=O) groups excluding carboxylic acids is 1. The number of carbonyl (C=O) groups is 1. The summed E-state index contributed by atoms with van der Waals surface area (Å²) in [5, 5.41) is 7.59. The Labute approximate surface area is 158 Å². The Morgan fingerprint density at radius 2 is 1.96 bits per heavy atom. The molecule has 27 heavy (non-hydrogen) atoms. The summed E-state index contributed by atoms with van der Waals surface area (Å²) >= 11 is 1.40. The van der Waals surface area contributed by atoms with Gasteiger partial charge in [-0.25, -0.2) is 9.67 Å². The average Bonchev–Trinajstić information content (AvgIpc) is 3.35. The van der Waals surface area contributed by atoms with E-state index in [0.717, 1.165) is 15.9 Å². The van der Waals surface area contributed by atoms with Gasteiger partial charge in [-0.1, -0.05) is 17.4 Å². The van der Waals surface area contributed by atoms with Crippen molar-refractivity contribution < 1.29 is 14.3 Å². The highest BCUT2D eigenvalue weighted by Gasteiger charge is 2.16. The molecule has 0 bridgehead atoms. The summed E-state index contributed by atoms with van der Waals surface area (Å²) in [7, 11) is 0. The predicted octanol–water partition coefficient (Wildman–Crippen LogP) is 3.51. The van der Waals surface area contributed by atoms with Crippen LogP contribution in [-0.2, 0) is 0 Å². The smallest absolute Gasteiger partial charge is 0.257 e. The molecule has 2 aromatic carbocycles. The first kappa shape index (κ1) is 15.8. The van der Waals surface area contributed by atoms with Crippen molar-refractivity contribution in [2.45, 2.75) is 0 Å². The molecule has 1 aliphatic rings. The molecule has 1 N–H and O–H groups in total. The van der Waals surface area contributed by atoms with Crippen LogP contribution in [0.2, 0.25) is 0 Å². The zero-order valence-corrected chi connectivity index (χ0v) is 14.9. The van der Waals surface area contributed by atoms with Gasteiger partial charge in [-0.2, -0.15) is 5.10 Å². The monoisotopic (exact) mass is 378 g/mol. The van der Waals surface area contributed by atoms with Crippen molar-refractivity contribution in [1.29, 1.82) is 0 Å². The predicted molar refractivity (Wildman–Crippen MR) is 102 cm³/mol. The summed E-state index contributed by atoms with van der Waals surface area (Å²) < 4.78 is 13.8. The van der Waals surface area contributed by atoms with Gasteiger partial charge in [0, 0.05) is 30.1 Å². The second-order valence-corrected chi connectivity index (χ2v) is 6.97. The number of anilines is 1. The number of rotatable bonds is 3. The minimum Gasteiger partial charge on any atom is -0.486 e. The van der Waals surface area contributed by atoms with Crippen LogP contribution in [0.1, 0.15) is 10.4 Å². The van der Waals surface area contributed by atoms with Crippen molar-refractivity contribution in [1.82, 2.24) is 14.8 Å². The van der Waals surface area contributed by atoms with E-state index in [-0.39, 0.29) is 5.91 Å². The summed E-state index contributed by atoms with van der Waals surface area (Å²) in [6.45, 7) is 1.06. The number of amides is 1. The van der Waals surface area contributed by atoms with Crippen LogP contribution in [0.25, 0.3) is 15.9 Å². The lowest BCUT2D eigenvalue weighted by molar-refractivity contribution is 0.102. The number of aromatic nitrogens is 3. The van der Waals surface area contributed by atoms with Crippen LogP contribution in [-0.4, -0.2) is 33.9 Å². The van der Waals surface area contributed by atoms with Crippen LogP contribution in [0.15, 0.2) is 54.9 Å². The maximum atomic E-state index is 12.6. The minimum atomic E-state index is -0.222. The zero-order chi connectivity index (χ0) is 18.2. The molecule has 8 heteroatoms. The van der Waals surface area contributed by atoms with Crippen molar-refractivity contribution in [2.75, 3.05) is 18.5 Å². The van der Waals surface area contributed by atoms with Gasteiger partial charge in [0.15, 0.2) is 16.6 Å². The topological polar surface area (TPSA) is 78.3 Å². The fourth-order valence-corrected chi connectivity index (χ4v) is 3.77. The molecule has 0 atom stereocenters. The fraction of sp³-hybridized carbons (Fsp3) is 0.105. The van der Waals surface area contributed by atoms with Gasteiger partial charge in [0.25, 0.3) is 5.91 Å². The number of benzene rings is 2. The summed E-state index contributed by atoms with van der Waals surface area (Å²) in [4.78, 5) is 17.1. The molecule has 5 rings (SSSR count). The Morgan fingerprint density at radius 3 is 2.78 bits per heavy atom. The highest BCUT2D eigenvalue weighted by atomic mass is 32.1. The van der Waals surface area contributed by atoms with Crippen molar-refractivity contribution in [2.24, 2.45) is 0 Å². The Kier molecular flexibility index (Phi) is 3.75. The average molecular weight is 378 g/mol. The van der Waals surface area contributed by atoms with E-state index in [1.807, 2.05) is 36.5 Å². The summed E-state index contributed by atoms with van der Waals surface area (Å²) in [5.74, 6) is 1.17. The van der Waals surface area contributed by atoms with Crippen molar-refractivity contribution in [3.05, 3.63) is 60.4 Å². The number of nitrogens with zero attached hydrogens (tertiary/aromatic N) is 3. The van der Waals surface area contributed by atoms with Crippen LogP contribution in [0.5, 0.6) is 11.5 Å². The molecule has 7 nitrogen and oxygen atoms in total. The first-order chi connectivity index (χ1) is 13.3. The second-order valence-electron chi connectivity index (χ2n) is 5.94. The minimum absolute atomic E-state index is 0.222. The number of nitrogens with one attached hydrogen (secondary N) is 1. The normalized spacial score (nSPS) is 12.9. The van der Waals surface area contributed by atoms with Crippen LogP contribution in [0, 0.1) is 0 Å². The van der Waals surface area contributed by atoms with E-state index in [2.05, 4.69) is 15.4 Å². The molecule has 0 spiro atoms. The number of thiazole rings is 1. The highest BCUT2D eigenvalue weighted by Crippen LogP contribution is 2.37. The molecule has 0 aliphatic carbocycles. The lowest BCUT2D eigenvalue weighted by atomic mass is 10.2. The molecule has 134 valence electrons. The van der Waals surface area contributed by atoms with E-state index in [4.69, 9.17) is 9.47 Å². The highest BCUT2D eigenvalue weighted by molar-refractivity contribution is 7.22. The SMILES string of the molecule is O=C(Nc1nc2cc3c(cc2s1)OCCO3)c1cccc(-n2cccn2)c1. The van der Waals surface area contributed by atoms with Gasteiger partial charge in [0.1, 0.15) is 13.2 Å². The van der Waals surface area contributed by atoms with Crippen LogP contribution in [0.3, 0.4) is 0 Å². The number of ether oxygens (including phenoxy) is 2. The number of hydrogen-bond acceptors (Lipinski definition) is 6. The molecular weight excluding hydrogens is 364 g/mol. The van der Waals surface area contributed by atoms with Crippen LogP contribution < -0.4 is 14.8 Å². The summed E-state index contributed by atoms with van der Waals surface area (Å²) in [6, 6.07) is 12.8. The molecule has 3 heterocycles. The zero-order valence-electron chi connectivity index (χ0n) is 14.1. The van der Waals surface area contributed by atoms with Gasteiger partial charge in [-0.15, -0.1) is 0 Å². The molecule has 1 aliphatic heterocycles. The van der Waals surface area contributed by atoms with E-state index in [1.54, 1.807) is 23.0 Å². The molecule has 0 radical (unpaired) electrons. The van der Waals surface area contributed by atoms with Crippen LogP contribution >= 0.6 is 11.3 Å². The van der Waals surface area contributed by atoms with Gasteiger partial charge in [0.05, 0.1) is 15.9 Å². The molecule has 0 saturated carbocycles. The molecule has 4 aromatic rings. The standard InChI is InChI=1S/C19H14N4O3S/c24-18(12-3-1-4-13(9-12)23-6-2-5-20-23)22-19-21-14-10-15-16(11-17(14)27-19)26-8-7-25-15/h1-6,9-11H,7-8H2,(H,21,22,24). The van der Waals surface area contributed by atoms with E-state index >= 15 is 0 Å². The summed E-state index contributed by atoms with van der Waals surface area (Å²) in [5.41, 5.74) is 2.12. The number of fused-ring (bicyclic) bond motifs is 2. The van der Waals surface area contributed by atoms with Gasteiger partial charge < -0.3 is 9.47 Å². The van der Waals surface area contributed by atoms with Gasteiger partial charge >= 0.3 is 0 Å². The van der Waals surface area contributed by atoms with E-state index in [9.17, 15) is 4.79 Å². The third kappa shape index (κ3) is 3.00. The molecule has 0 saturated heterocycles. The second kappa shape index (κ2) is 6.40. The van der Waals surface area contributed by atoms with E-state index < -0.39 is 0 Å². The third-order valence-electron chi connectivity index (χ3n) is 4.15. The third-order valence-corrected chi connectivity index (χ3v) is 5.08. The first-order valence-corrected chi connectivity index (χ1v) is 9.19. The molecule has 0 fully saturated rings. The molecule has 1 amide bonds. The summed E-state index contributed by atoms with van der Waals surface area (Å²) in [6.07, 6.45) is 3.53. The molecule has 0 unspecified atom stereocenters. The van der Waals surface area contributed by atoms with Crippen molar-refractivity contribution in [3.8, 4) is 17.2 Å². The van der Waals surface area contributed by atoms with Crippen molar-refractivity contribution in [3.63, 3.8) is 0 Å². The van der Waals surface area contributed by atoms with E-state index in [1.165, 1.54) is 11.3 Å². The fourth-order valence-electron chi connectivity index (χ4n) is 2.90. The van der Waals surface area contributed by atoms with E-state index in [0.29, 0.717) is 35.4 Å². The quantitative estimate of drug-likeness (QED) is 0.590. The maximum absolute atomic E-state index is 12.6. The Bertz CT molecular complexity index is 1090. The number of hydrogen-bond donors (Lipinski definition) is 1. The lowest BCUT2D eigenvalue weighted by Gasteiger charge is -2.17. The molecular formula is C19H14N4O3S. The van der Waals surface area contributed by atoms with Gasteiger partial charge in [0.2, 0.25) is 0 Å². The van der Waals surface area contributed by atoms with Crippen molar-refractivity contribution >= 4 is 32.6 Å². The van der Waals surface area contributed by atoms with Crippen LogP contribution in [0.4, 0.5) is 5.13 Å². The van der Waals surface area contributed by atoms with Gasteiger partial charge in [-0.05, 0) is 24.3 Å². The largest absolute Gasteiger partial charge is 0.486 e. The Balaban J connectivity index is 1.41. The first-order valence-electron chi connectivity index (χ1n) is 8.38. The van der Waals surface area contributed by atoms with Gasteiger partial charge in [-0.3, -0.25) is 10.1 Å². The molecule has 2 aromatic heterocycles. The lowest BCUT2D eigenvalue weighted by Crippen LogP contribution is -2.15.